The molecule has 0 aliphatic heterocycles. The summed E-state index contributed by atoms with van der Waals surface area (Å²) < 4.78 is 19.2. The first kappa shape index (κ1) is 14.6. The standard InChI is InChI=1S/C8H17O6P/c1-2-3-5-8(9)13-6-4-7-14-15(10,11)12/h2-7H2,1H3,(H2,10,11,12). The molecule has 0 heterocycles. The van der Waals surface area contributed by atoms with Crippen LogP contribution in [0.4, 0.5) is 0 Å². The lowest BCUT2D eigenvalue weighted by Crippen LogP contribution is -2.07. The Bertz CT molecular complexity index is 223. The minimum Gasteiger partial charge on any atom is -0.466 e. The third kappa shape index (κ3) is 11.5. The van der Waals surface area contributed by atoms with E-state index >= 15 is 0 Å². The first-order valence-electron chi connectivity index (χ1n) is 4.81. The van der Waals surface area contributed by atoms with E-state index in [1.165, 1.54) is 0 Å². The average molecular weight is 240 g/mol. The number of esters is 1. The fraction of sp³-hybridized carbons (Fsp3) is 0.875. The summed E-state index contributed by atoms with van der Waals surface area (Å²) in [4.78, 5) is 27.6. The van der Waals surface area contributed by atoms with Gasteiger partial charge in [-0.3, -0.25) is 9.32 Å². The van der Waals surface area contributed by atoms with Crippen molar-refractivity contribution in [2.75, 3.05) is 13.2 Å². The Kier molecular flexibility index (Phi) is 7.60. The molecule has 7 heteroatoms. The van der Waals surface area contributed by atoms with E-state index in [0.29, 0.717) is 6.42 Å². The van der Waals surface area contributed by atoms with Gasteiger partial charge < -0.3 is 14.5 Å². The summed E-state index contributed by atoms with van der Waals surface area (Å²) in [5.74, 6) is -0.284. The highest BCUT2D eigenvalue weighted by Gasteiger charge is 2.12. The summed E-state index contributed by atoms with van der Waals surface area (Å²) in [5, 5.41) is 0. The van der Waals surface area contributed by atoms with Crippen LogP contribution in [0.3, 0.4) is 0 Å². The predicted molar refractivity (Wildman–Crippen MR) is 53.1 cm³/mol. The molecule has 0 unspecified atom stereocenters. The summed E-state index contributed by atoms with van der Waals surface area (Å²) in [6, 6.07) is 0. The molecule has 0 rings (SSSR count). The molecular formula is C8H17O6P. The van der Waals surface area contributed by atoms with Gasteiger partial charge in [-0.05, 0) is 6.42 Å². The fourth-order valence-electron chi connectivity index (χ4n) is 0.822. The maximum Gasteiger partial charge on any atom is 0.469 e. The molecule has 6 nitrogen and oxygen atoms in total. The molecular weight excluding hydrogens is 223 g/mol. The lowest BCUT2D eigenvalue weighted by molar-refractivity contribution is -0.144. The van der Waals surface area contributed by atoms with Crippen LogP contribution in [-0.4, -0.2) is 29.0 Å². The monoisotopic (exact) mass is 240 g/mol. The van der Waals surface area contributed by atoms with Gasteiger partial charge in [-0.1, -0.05) is 13.3 Å². The van der Waals surface area contributed by atoms with E-state index in [-0.39, 0.29) is 25.6 Å². The Labute approximate surface area is 88.8 Å². The number of rotatable bonds is 8. The molecule has 0 aromatic carbocycles. The molecule has 0 fully saturated rings. The molecule has 0 spiro atoms. The maximum absolute atomic E-state index is 10.9. The van der Waals surface area contributed by atoms with Crippen molar-refractivity contribution in [1.82, 2.24) is 0 Å². The van der Waals surface area contributed by atoms with Gasteiger partial charge in [-0.15, -0.1) is 0 Å². The van der Waals surface area contributed by atoms with E-state index in [2.05, 4.69) is 4.52 Å². The molecule has 90 valence electrons. The van der Waals surface area contributed by atoms with Crippen LogP contribution in [0.5, 0.6) is 0 Å². The number of phosphoric acid groups is 1. The topological polar surface area (TPSA) is 93.1 Å². The molecule has 0 saturated heterocycles. The zero-order valence-corrected chi connectivity index (χ0v) is 9.61. The highest BCUT2D eigenvalue weighted by atomic mass is 31.2. The number of carbonyl (C=O) groups is 1. The van der Waals surface area contributed by atoms with Crippen LogP contribution >= 0.6 is 7.82 Å². The lowest BCUT2D eigenvalue weighted by Gasteiger charge is -2.05. The van der Waals surface area contributed by atoms with Gasteiger partial charge in [0.05, 0.1) is 13.2 Å². The summed E-state index contributed by atoms with van der Waals surface area (Å²) in [6.45, 7) is 1.98. The van der Waals surface area contributed by atoms with Crippen molar-refractivity contribution in [2.24, 2.45) is 0 Å². The molecule has 0 aromatic heterocycles. The second kappa shape index (κ2) is 7.82. The van der Waals surface area contributed by atoms with Gasteiger partial charge in [0.25, 0.3) is 0 Å². The van der Waals surface area contributed by atoms with Crippen molar-refractivity contribution < 1.29 is 28.4 Å². The van der Waals surface area contributed by atoms with Crippen LogP contribution in [0.2, 0.25) is 0 Å². The van der Waals surface area contributed by atoms with Crippen molar-refractivity contribution >= 4 is 13.8 Å². The number of ether oxygens (including phenoxy) is 1. The average Bonchev–Trinajstić information content (AvgIpc) is 2.12. The Morgan fingerprint density at radius 1 is 1.27 bits per heavy atom. The maximum atomic E-state index is 10.9. The molecule has 0 amide bonds. The first-order chi connectivity index (χ1) is 6.95. The molecule has 0 aromatic rings. The highest BCUT2D eigenvalue weighted by molar-refractivity contribution is 7.46. The van der Waals surface area contributed by atoms with E-state index < -0.39 is 7.82 Å². The summed E-state index contributed by atoms with van der Waals surface area (Å²) in [6.07, 6.45) is 2.38. The lowest BCUT2D eigenvalue weighted by atomic mass is 10.2. The summed E-state index contributed by atoms with van der Waals surface area (Å²) in [7, 11) is -4.39. The molecule has 0 aliphatic rings. The molecule has 0 aliphatic carbocycles. The number of hydrogen-bond acceptors (Lipinski definition) is 4. The second-order valence-corrected chi connectivity index (χ2v) is 4.24. The Morgan fingerprint density at radius 3 is 2.47 bits per heavy atom. The number of phosphoric ester groups is 1. The molecule has 2 N–H and O–H groups in total. The van der Waals surface area contributed by atoms with Crippen LogP contribution in [0.15, 0.2) is 0 Å². The third-order valence-electron chi connectivity index (χ3n) is 1.55. The van der Waals surface area contributed by atoms with Gasteiger partial charge in [-0.2, -0.15) is 0 Å². The predicted octanol–water partition coefficient (Wildman–Crippen LogP) is 1.22. The Balaban J connectivity index is 3.31. The molecule has 15 heavy (non-hydrogen) atoms. The van der Waals surface area contributed by atoms with Crippen molar-refractivity contribution in [3.63, 3.8) is 0 Å². The Morgan fingerprint density at radius 2 is 1.93 bits per heavy atom. The van der Waals surface area contributed by atoms with Gasteiger partial charge in [0, 0.05) is 12.8 Å². The van der Waals surface area contributed by atoms with Crippen LogP contribution in [0, 0.1) is 0 Å². The summed E-state index contributed by atoms with van der Waals surface area (Å²) >= 11 is 0. The van der Waals surface area contributed by atoms with Crippen LogP contribution in [-0.2, 0) is 18.6 Å². The molecule has 0 bridgehead atoms. The fourth-order valence-corrected chi connectivity index (χ4v) is 1.19. The van der Waals surface area contributed by atoms with E-state index in [1.807, 2.05) is 6.92 Å². The normalized spacial score (nSPS) is 11.4. The van der Waals surface area contributed by atoms with E-state index in [4.69, 9.17) is 14.5 Å². The number of unbranched alkanes of at least 4 members (excludes halogenated alkanes) is 1. The SMILES string of the molecule is CCCCC(=O)OCCCOP(=O)(O)O. The number of hydrogen-bond donors (Lipinski definition) is 2. The highest BCUT2D eigenvalue weighted by Crippen LogP contribution is 2.35. The summed E-state index contributed by atoms with van der Waals surface area (Å²) in [5.41, 5.74) is 0. The van der Waals surface area contributed by atoms with Crippen molar-refractivity contribution in [1.29, 1.82) is 0 Å². The smallest absolute Gasteiger partial charge is 0.466 e. The molecule has 0 saturated carbocycles. The van der Waals surface area contributed by atoms with Crippen LogP contribution in [0.1, 0.15) is 32.6 Å². The number of carbonyl (C=O) groups excluding carboxylic acids is 1. The van der Waals surface area contributed by atoms with Crippen molar-refractivity contribution in [3.8, 4) is 0 Å². The third-order valence-corrected chi connectivity index (χ3v) is 2.06. The van der Waals surface area contributed by atoms with Gasteiger partial charge in [0.2, 0.25) is 0 Å². The quantitative estimate of drug-likeness (QED) is 0.376. The van der Waals surface area contributed by atoms with Gasteiger partial charge in [0.1, 0.15) is 0 Å². The van der Waals surface area contributed by atoms with Crippen LogP contribution in [0.25, 0.3) is 0 Å². The minimum absolute atomic E-state index is 0.120. The largest absolute Gasteiger partial charge is 0.469 e. The molecule has 0 atom stereocenters. The minimum atomic E-state index is -4.39. The van der Waals surface area contributed by atoms with Crippen molar-refractivity contribution in [3.05, 3.63) is 0 Å². The second-order valence-electron chi connectivity index (χ2n) is 3.00. The first-order valence-corrected chi connectivity index (χ1v) is 6.34. The van der Waals surface area contributed by atoms with E-state index in [9.17, 15) is 9.36 Å². The Hall–Kier alpha value is -0.420. The zero-order valence-electron chi connectivity index (χ0n) is 8.72. The van der Waals surface area contributed by atoms with Gasteiger partial charge >= 0.3 is 13.8 Å². The van der Waals surface area contributed by atoms with Gasteiger partial charge in [0.15, 0.2) is 0 Å². The van der Waals surface area contributed by atoms with E-state index in [0.717, 1.165) is 12.8 Å². The van der Waals surface area contributed by atoms with Crippen LogP contribution < -0.4 is 0 Å². The van der Waals surface area contributed by atoms with E-state index in [1.54, 1.807) is 0 Å². The van der Waals surface area contributed by atoms with Gasteiger partial charge in [-0.25, -0.2) is 4.57 Å². The molecule has 0 radical (unpaired) electrons. The zero-order chi connectivity index (χ0) is 11.7. The van der Waals surface area contributed by atoms with Crippen molar-refractivity contribution in [2.45, 2.75) is 32.6 Å².